The third-order valence-corrected chi connectivity index (χ3v) is 2.27. The second-order valence-corrected chi connectivity index (χ2v) is 3.57. The van der Waals surface area contributed by atoms with Gasteiger partial charge in [-0.1, -0.05) is 0 Å². The zero-order valence-electron chi connectivity index (χ0n) is 8.39. The van der Waals surface area contributed by atoms with Gasteiger partial charge in [-0.05, 0) is 24.6 Å². The van der Waals surface area contributed by atoms with Gasteiger partial charge in [-0.3, -0.25) is 4.79 Å². The summed E-state index contributed by atoms with van der Waals surface area (Å²) < 4.78 is 5.45. The maximum atomic E-state index is 11.0. The molecular weight excluding hydrogens is 178 g/mol. The summed E-state index contributed by atoms with van der Waals surface area (Å²) in [6, 6.07) is 3.99. The summed E-state index contributed by atoms with van der Waals surface area (Å²) in [5, 5.41) is 2.83. The number of hydrogen-bond donors (Lipinski definition) is 1. The highest BCUT2D eigenvalue weighted by Crippen LogP contribution is 2.33. The second-order valence-electron chi connectivity index (χ2n) is 3.57. The molecule has 0 spiro atoms. The number of aryl methyl sites for hydroxylation is 1. The molecule has 0 atom stereocenters. The molecule has 1 aromatic carbocycles. The fraction of sp³-hybridized carbons (Fsp3) is 0.364. The maximum Gasteiger partial charge on any atom is 0.221 e. The molecule has 0 saturated heterocycles. The van der Waals surface area contributed by atoms with Crippen LogP contribution in [0.4, 0.5) is 5.69 Å². The number of ether oxygens (including phenoxy) is 1. The van der Waals surface area contributed by atoms with Crippen LogP contribution in [0.2, 0.25) is 0 Å². The standard InChI is InChI=1S/C11H13NO2/c1-7-5-10(12-8(2)13)9-3-4-14-11(9)6-7/h5-6H,3-4H2,1-2H3,(H,12,13). The van der Waals surface area contributed by atoms with Crippen molar-refractivity contribution in [3.63, 3.8) is 0 Å². The van der Waals surface area contributed by atoms with Gasteiger partial charge < -0.3 is 10.1 Å². The van der Waals surface area contributed by atoms with Gasteiger partial charge in [0, 0.05) is 24.6 Å². The topological polar surface area (TPSA) is 38.3 Å². The van der Waals surface area contributed by atoms with E-state index in [0.29, 0.717) is 6.61 Å². The summed E-state index contributed by atoms with van der Waals surface area (Å²) in [5.74, 6) is 0.874. The van der Waals surface area contributed by atoms with Crippen LogP contribution in [0.15, 0.2) is 12.1 Å². The minimum Gasteiger partial charge on any atom is -0.493 e. The van der Waals surface area contributed by atoms with Crippen molar-refractivity contribution >= 4 is 11.6 Å². The molecule has 0 saturated carbocycles. The van der Waals surface area contributed by atoms with Crippen molar-refractivity contribution in [3.05, 3.63) is 23.3 Å². The lowest BCUT2D eigenvalue weighted by Gasteiger charge is -2.08. The number of rotatable bonds is 1. The highest BCUT2D eigenvalue weighted by Gasteiger charge is 2.17. The molecule has 0 bridgehead atoms. The molecule has 0 aromatic heterocycles. The zero-order chi connectivity index (χ0) is 10.1. The molecule has 1 aliphatic heterocycles. The van der Waals surface area contributed by atoms with Gasteiger partial charge in [0.1, 0.15) is 5.75 Å². The lowest BCUT2D eigenvalue weighted by Crippen LogP contribution is -2.07. The van der Waals surface area contributed by atoms with Gasteiger partial charge in [-0.15, -0.1) is 0 Å². The smallest absolute Gasteiger partial charge is 0.221 e. The lowest BCUT2D eigenvalue weighted by atomic mass is 10.1. The Bertz CT molecular complexity index is 385. The van der Waals surface area contributed by atoms with E-state index in [0.717, 1.165) is 29.0 Å². The number of anilines is 1. The maximum absolute atomic E-state index is 11.0. The van der Waals surface area contributed by atoms with Crippen LogP contribution in [-0.2, 0) is 11.2 Å². The van der Waals surface area contributed by atoms with Crippen LogP contribution in [0, 0.1) is 6.92 Å². The third-order valence-electron chi connectivity index (χ3n) is 2.27. The Morgan fingerprint density at radius 2 is 2.29 bits per heavy atom. The first-order valence-electron chi connectivity index (χ1n) is 4.71. The summed E-state index contributed by atoms with van der Waals surface area (Å²) in [6.45, 7) is 4.23. The number of hydrogen-bond acceptors (Lipinski definition) is 2. The van der Waals surface area contributed by atoms with Crippen LogP contribution < -0.4 is 10.1 Å². The minimum absolute atomic E-state index is 0.0373. The van der Waals surface area contributed by atoms with E-state index in [1.54, 1.807) is 0 Å². The SMILES string of the molecule is CC(=O)Nc1cc(C)cc2c1CCO2. The van der Waals surface area contributed by atoms with Gasteiger partial charge in [-0.25, -0.2) is 0 Å². The Hall–Kier alpha value is -1.51. The Morgan fingerprint density at radius 3 is 3.00 bits per heavy atom. The highest BCUT2D eigenvalue weighted by molar-refractivity contribution is 5.90. The van der Waals surface area contributed by atoms with E-state index in [4.69, 9.17) is 4.74 Å². The highest BCUT2D eigenvalue weighted by atomic mass is 16.5. The van der Waals surface area contributed by atoms with Gasteiger partial charge in [0.05, 0.1) is 6.61 Å². The monoisotopic (exact) mass is 191 g/mol. The van der Waals surface area contributed by atoms with Crippen molar-refractivity contribution in [2.75, 3.05) is 11.9 Å². The van der Waals surface area contributed by atoms with E-state index in [1.807, 2.05) is 19.1 Å². The zero-order valence-corrected chi connectivity index (χ0v) is 8.39. The molecule has 1 aliphatic rings. The average molecular weight is 191 g/mol. The normalized spacial score (nSPS) is 13.3. The van der Waals surface area contributed by atoms with E-state index >= 15 is 0 Å². The van der Waals surface area contributed by atoms with Crippen LogP contribution in [0.25, 0.3) is 0 Å². The number of carbonyl (C=O) groups is 1. The van der Waals surface area contributed by atoms with Crippen LogP contribution in [0.3, 0.4) is 0 Å². The Labute approximate surface area is 83.1 Å². The van der Waals surface area contributed by atoms with Crippen LogP contribution in [0.1, 0.15) is 18.1 Å². The molecule has 74 valence electrons. The lowest BCUT2D eigenvalue weighted by molar-refractivity contribution is -0.114. The first kappa shape index (κ1) is 9.06. The van der Waals surface area contributed by atoms with Gasteiger partial charge in [-0.2, -0.15) is 0 Å². The molecule has 1 amide bonds. The van der Waals surface area contributed by atoms with Gasteiger partial charge in [0.15, 0.2) is 0 Å². The molecule has 3 heteroatoms. The van der Waals surface area contributed by atoms with Crippen molar-refractivity contribution < 1.29 is 9.53 Å². The molecule has 0 unspecified atom stereocenters. The summed E-state index contributed by atoms with van der Waals surface area (Å²) in [5.41, 5.74) is 3.12. The van der Waals surface area contributed by atoms with E-state index in [1.165, 1.54) is 6.92 Å². The molecule has 0 fully saturated rings. The molecule has 0 aliphatic carbocycles. The first-order valence-corrected chi connectivity index (χ1v) is 4.71. The predicted octanol–water partition coefficient (Wildman–Crippen LogP) is 1.89. The molecule has 0 radical (unpaired) electrons. The molecule has 1 N–H and O–H groups in total. The van der Waals surface area contributed by atoms with E-state index < -0.39 is 0 Å². The van der Waals surface area contributed by atoms with Crippen molar-refractivity contribution in [2.45, 2.75) is 20.3 Å². The largest absolute Gasteiger partial charge is 0.493 e. The van der Waals surface area contributed by atoms with E-state index in [2.05, 4.69) is 5.32 Å². The van der Waals surface area contributed by atoms with E-state index in [9.17, 15) is 4.79 Å². The number of amides is 1. The van der Waals surface area contributed by atoms with Gasteiger partial charge in [0.25, 0.3) is 0 Å². The summed E-state index contributed by atoms with van der Waals surface area (Å²) in [6.07, 6.45) is 0.880. The van der Waals surface area contributed by atoms with Crippen LogP contribution in [0.5, 0.6) is 5.75 Å². The minimum atomic E-state index is -0.0373. The number of carbonyl (C=O) groups excluding carboxylic acids is 1. The molecule has 1 heterocycles. The Balaban J connectivity index is 2.43. The van der Waals surface area contributed by atoms with Crippen molar-refractivity contribution in [1.29, 1.82) is 0 Å². The van der Waals surface area contributed by atoms with Crippen molar-refractivity contribution in [3.8, 4) is 5.75 Å². The summed E-state index contributed by atoms with van der Waals surface area (Å²) in [7, 11) is 0. The average Bonchev–Trinajstić information content (AvgIpc) is 2.50. The second kappa shape index (κ2) is 3.33. The van der Waals surface area contributed by atoms with Gasteiger partial charge >= 0.3 is 0 Å². The number of nitrogens with one attached hydrogen (secondary N) is 1. The number of fused-ring (bicyclic) bond motifs is 1. The molecule has 1 aromatic rings. The first-order chi connectivity index (χ1) is 6.66. The predicted molar refractivity (Wildman–Crippen MR) is 54.7 cm³/mol. The Morgan fingerprint density at radius 1 is 1.50 bits per heavy atom. The van der Waals surface area contributed by atoms with Crippen LogP contribution in [-0.4, -0.2) is 12.5 Å². The van der Waals surface area contributed by atoms with Gasteiger partial charge in [0.2, 0.25) is 5.91 Å². The fourth-order valence-electron chi connectivity index (χ4n) is 1.73. The molecule has 14 heavy (non-hydrogen) atoms. The third kappa shape index (κ3) is 1.58. The van der Waals surface area contributed by atoms with Crippen LogP contribution >= 0.6 is 0 Å². The summed E-state index contributed by atoms with van der Waals surface area (Å²) in [4.78, 5) is 11.0. The molecule has 2 rings (SSSR count). The molecular formula is C11H13NO2. The quantitative estimate of drug-likeness (QED) is 0.736. The van der Waals surface area contributed by atoms with Crippen molar-refractivity contribution in [2.24, 2.45) is 0 Å². The molecule has 3 nitrogen and oxygen atoms in total. The fourth-order valence-corrected chi connectivity index (χ4v) is 1.73. The Kier molecular flexibility index (Phi) is 2.15. The number of benzene rings is 1. The van der Waals surface area contributed by atoms with E-state index in [-0.39, 0.29) is 5.91 Å². The van der Waals surface area contributed by atoms with Crippen molar-refractivity contribution in [1.82, 2.24) is 0 Å². The summed E-state index contributed by atoms with van der Waals surface area (Å²) >= 11 is 0.